The summed E-state index contributed by atoms with van der Waals surface area (Å²) >= 11 is 6.33. The molecule has 0 radical (unpaired) electrons. The number of hydrogen-bond donors (Lipinski definition) is 2. The average molecular weight is 835 g/mol. The molecular weight excluding hydrogens is 776 g/mol. The molecule has 4 saturated heterocycles. The number of carbonyl (C=O) groups is 5. The number of hydrogen-bond acceptors (Lipinski definition) is 9. The van der Waals surface area contributed by atoms with Gasteiger partial charge in [0.2, 0.25) is 5.91 Å². The Morgan fingerprint density at radius 1 is 0.864 bits per heavy atom. The minimum atomic E-state index is -1.07. The van der Waals surface area contributed by atoms with Gasteiger partial charge in [-0.25, -0.2) is 9.59 Å². The Labute approximate surface area is 352 Å². The summed E-state index contributed by atoms with van der Waals surface area (Å²) in [5.74, 6) is 0.693. The first-order valence-electron chi connectivity index (χ1n) is 21.6. The van der Waals surface area contributed by atoms with Gasteiger partial charge in [-0.2, -0.15) is 0 Å². The van der Waals surface area contributed by atoms with E-state index in [4.69, 9.17) is 21.1 Å². The van der Waals surface area contributed by atoms with Crippen LogP contribution in [0.1, 0.15) is 74.5 Å². The average Bonchev–Trinajstić information content (AvgIpc) is 3.57. The third-order valence-electron chi connectivity index (χ3n) is 13.1. The zero-order chi connectivity index (χ0) is 41.5. The molecule has 320 valence electrons. The number of ether oxygens (including phenoxy) is 2. The van der Waals surface area contributed by atoms with E-state index in [0.717, 1.165) is 69.4 Å². The highest BCUT2D eigenvalue weighted by Gasteiger charge is 2.37. The molecule has 2 N–H and O–H groups in total. The number of anilines is 1. The molecule has 4 fully saturated rings. The topological polar surface area (TPSA) is 152 Å². The number of esters is 1. The number of phenolic OH excluding ortho intramolecular Hbond substituents is 1. The van der Waals surface area contributed by atoms with Gasteiger partial charge in [-0.3, -0.25) is 14.4 Å². The quantitative estimate of drug-likeness (QED) is 0.266. The van der Waals surface area contributed by atoms with Crippen LogP contribution >= 0.6 is 11.6 Å². The molecule has 0 bridgehead atoms. The number of nitrogens with one attached hydrogen (secondary N) is 1. The van der Waals surface area contributed by atoms with Gasteiger partial charge in [0, 0.05) is 70.4 Å². The van der Waals surface area contributed by atoms with Crippen LogP contribution < -0.4 is 5.32 Å². The van der Waals surface area contributed by atoms with Crippen molar-refractivity contribution in [1.82, 2.24) is 24.5 Å². The van der Waals surface area contributed by atoms with E-state index < -0.39 is 12.2 Å². The summed E-state index contributed by atoms with van der Waals surface area (Å²) in [5, 5.41) is 13.5. The van der Waals surface area contributed by atoms with E-state index in [0.29, 0.717) is 94.5 Å². The maximum Gasteiger partial charge on any atom is 0.410 e. The van der Waals surface area contributed by atoms with Gasteiger partial charge in [0.15, 0.2) is 6.10 Å². The van der Waals surface area contributed by atoms with Crippen LogP contribution in [0.4, 0.5) is 15.3 Å². The molecule has 59 heavy (non-hydrogen) atoms. The van der Waals surface area contributed by atoms with Gasteiger partial charge in [0.1, 0.15) is 12.4 Å². The molecule has 5 heterocycles. The number of halogens is 1. The summed E-state index contributed by atoms with van der Waals surface area (Å²) in [6.45, 7) is 8.27. The molecule has 5 aliphatic heterocycles. The number of rotatable bonds is 12. The van der Waals surface area contributed by atoms with Crippen LogP contribution in [0.5, 0.6) is 5.75 Å². The molecule has 5 amide bonds. The number of phenols is 1. The number of benzene rings is 2. The molecule has 15 heteroatoms. The van der Waals surface area contributed by atoms with Gasteiger partial charge >= 0.3 is 18.1 Å². The molecule has 1 atom stereocenters. The normalized spacial score (nSPS) is 20.6. The first-order chi connectivity index (χ1) is 28.5. The molecule has 5 aliphatic rings. The van der Waals surface area contributed by atoms with Crippen molar-refractivity contribution in [2.75, 3.05) is 77.4 Å². The minimum Gasteiger partial charge on any atom is -0.506 e. The zero-order valence-electron chi connectivity index (χ0n) is 34.2. The maximum atomic E-state index is 14.2. The van der Waals surface area contributed by atoms with Crippen LogP contribution in [-0.2, 0) is 36.7 Å². The third kappa shape index (κ3) is 10.8. The molecule has 0 saturated carbocycles. The molecule has 2 aromatic carbocycles. The number of aryl methyl sites for hydroxylation is 1. The van der Waals surface area contributed by atoms with Crippen LogP contribution in [-0.4, -0.2) is 144 Å². The zero-order valence-corrected chi connectivity index (χ0v) is 35.0. The van der Waals surface area contributed by atoms with Crippen molar-refractivity contribution in [3.8, 4) is 5.75 Å². The summed E-state index contributed by atoms with van der Waals surface area (Å²) < 4.78 is 11.5. The molecule has 0 aliphatic carbocycles. The van der Waals surface area contributed by atoms with Gasteiger partial charge in [0.25, 0.3) is 5.91 Å². The Kier molecular flexibility index (Phi) is 14.2. The second-order valence-corrected chi connectivity index (χ2v) is 17.3. The van der Waals surface area contributed by atoms with Gasteiger partial charge in [-0.05, 0) is 112 Å². The predicted molar refractivity (Wildman–Crippen MR) is 222 cm³/mol. The van der Waals surface area contributed by atoms with Crippen molar-refractivity contribution in [1.29, 1.82) is 0 Å². The second-order valence-electron chi connectivity index (χ2n) is 16.9. The summed E-state index contributed by atoms with van der Waals surface area (Å²) in [4.78, 5) is 74.6. The van der Waals surface area contributed by atoms with Crippen molar-refractivity contribution in [2.45, 2.75) is 89.7 Å². The highest BCUT2D eigenvalue weighted by molar-refractivity contribution is 6.32. The SMILES string of the molecule is Cc1cc(C[C@@H](OC(=O)N2CCC(N3CCc4ccccc4NC3=O)CC2)C(=O)N2CCC(C3CCN(CCC(=O)OCCN4CCCC4=O)CC3)CC2)cc(Cl)c1O. The van der Waals surface area contributed by atoms with Gasteiger partial charge in [-0.15, -0.1) is 0 Å². The van der Waals surface area contributed by atoms with E-state index in [1.807, 2.05) is 34.1 Å². The van der Waals surface area contributed by atoms with Crippen LogP contribution in [0.2, 0.25) is 5.02 Å². The predicted octanol–water partition coefficient (Wildman–Crippen LogP) is 5.46. The summed E-state index contributed by atoms with van der Waals surface area (Å²) in [6.07, 6.45) is 6.08. The van der Waals surface area contributed by atoms with Crippen LogP contribution in [0.15, 0.2) is 36.4 Å². The number of likely N-dealkylation sites (tertiary alicyclic amines) is 4. The standard InChI is InChI=1S/C44H59ClN6O8/c1-30-27-31(28-36(45)41(30)54)29-38(59-44(57)50-22-13-35(14-23-50)51-24-12-34-5-2-3-6-37(34)46-43(51)56)42(55)49-20-10-33(11-21-49)32-8-17-47(18-9-32)19-15-40(53)58-26-25-48-16-4-7-39(48)52/h2-3,5-6,27-28,32-33,35,38,54H,4,7-26,29H2,1H3,(H,46,56)/t38-/m1/s1. The summed E-state index contributed by atoms with van der Waals surface area (Å²) in [6, 6.07) is 11.1. The van der Waals surface area contributed by atoms with Crippen molar-refractivity contribution in [2.24, 2.45) is 11.8 Å². The highest BCUT2D eigenvalue weighted by Crippen LogP contribution is 2.34. The third-order valence-corrected chi connectivity index (χ3v) is 13.4. The first-order valence-corrected chi connectivity index (χ1v) is 21.9. The molecule has 7 rings (SSSR count). The van der Waals surface area contributed by atoms with E-state index in [9.17, 15) is 29.1 Å². The number of piperidine rings is 3. The molecule has 0 aromatic heterocycles. The first kappa shape index (κ1) is 42.6. The van der Waals surface area contributed by atoms with E-state index in [-0.39, 0.29) is 53.7 Å². The maximum absolute atomic E-state index is 14.2. The fraction of sp³-hybridized carbons (Fsp3) is 0.614. The van der Waals surface area contributed by atoms with E-state index >= 15 is 0 Å². The Bertz CT molecular complexity index is 1820. The molecule has 2 aromatic rings. The summed E-state index contributed by atoms with van der Waals surface area (Å²) in [7, 11) is 0. The van der Waals surface area contributed by atoms with E-state index in [1.165, 1.54) is 0 Å². The monoisotopic (exact) mass is 834 g/mol. The Hall–Kier alpha value is -4.56. The Balaban J connectivity index is 0.881. The number of para-hydroxylation sites is 1. The van der Waals surface area contributed by atoms with Crippen molar-refractivity contribution >= 4 is 47.2 Å². The van der Waals surface area contributed by atoms with E-state index in [2.05, 4.69) is 10.2 Å². The largest absolute Gasteiger partial charge is 0.506 e. The molecule has 0 unspecified atom stereocenters. The molecule has 14 nitrogen and oxygen atoms in total. The number of amides is 5. The number of aromatic hydroxyl groups is 1. The fourth-order valence-electron chi connectivity index (χ4n) is 9.59. The lowest BCUT2D eigenvalue weighted by Crippen LogP contribution is -2.52. The second kappa shape index (κ2) is 19.7. The lowest BCUT2D eigenvalue weighted by atomic mass is 9.78. The smallest absolute Gasteiger partial charge is 0.410 e. The van der Waals surface area contributed by atoms with Gasteiger partial charge in [-0.1, -0.05) is 35.9 Å². The van der Waals surface area contributed by atoms with Gasteiger partial charge in [0.05, 0.1) is 18.0 Å². The molecule has 0 spiro atoms. The number of nitrogens with zero attached hydrogens (tertiary/aromatic N) is 5. The van der Waals surface area contributed by atoms with Crippen molar-refractivity contribution < 1.29 is 38.6 Å². The van der Waals surface area contributed by atoms with E-state index in [1.54, 1.807) is 28.9 Å². The highest BCUT2D eigenvalue weighted by atomic mass is 35.5. The minimum absolute atomic E-state index is 0.0153. The van der Waals surface area contributed by atoms with Crippen molar-refractivity contribution in [3.63, 3.8) is 0 Å². The lowest BCUT2D eigenvalue weighted by Gasteiger charge is -2.41. The number of carbonyl (C=O) groups excluding carboxylic acids is 5. The number of fused-ring (bicyclic) bond motifs is 1. The van der Waals surface area contributed by atoms with Crippen LogP contribution in [0, 0.1) is 18.8 Å². The van der Waals surface area contributed by atoms with Crippen LogP contribution in [0.3, 0.4) is 0 Å². The Morgan fingerprint density at radius 2 is 1.56 bits per heavy atom. The lowest BCUT2D eigenvalue weighted by molar-refractivity contribution is -0.145. The Morgan fingerprint density at radius 3 is 2.25 bits per heavy atom. The van der Waals surface area contributed by atoms with Crippen LogP contribution in [0.25, 0.3) is 0 Å². The number of urea groups is 1. The fourth-order valence-corrected chi connectivity index (χ4v) is 9.88. The molecular formula is C44H59ClN6O8. The van der Waals surface area contributed by atoms with Gasteiger partial charge < -0.3 is 44.4 Å². The van der Waals surface area contributed by atoms with Crippen molar-refractivity contribution in [3.05, 3.63) is 58.1 Å². The summed E-state index contributed by atoms with van der Waals surface area (Å²) in [5.41, 5.74) is 3.21.